The van der Waals surface area contributed by atoms with Crippen molar-refractivity contribution in [1.29, 1.82) is 0 Å². The van der Waals surface area contributed by atoms with E-state index in [1.54, 1.807) is 29.4 Å². The highest BCUT2D eigenvalue weighted by atomic mass is 32.2. The van der Waals surface area contributed by atoms with Crippen LogP contribution in [0.5, 0.6) is 0 Å². The average molecular weight is 336 g/mol. The highest BCUT2D eigenvalue weighted by Crippen LogP contribution is 2.19. The van der Waals surface area contributed by atoms with E-state index in [-0.39, 0.29) is 5.69 Å². The summed E-state index contributed by atoms with van der Waals surface area (Å²) in [5, 5.41) is 0. The van der Waals surface area contributed by atoms with Crippen LogP contribution in [0.15, 0.2) is 60.1 Å². The number of imidazole rings is 1. The van der Waals surface area contributed by atoms with E-state index in [1.807, 2.05) is 0 Å². The molecule has 0 amide bonds. The van der Waals surface area contributed by atoms with Gasteiger partial charge in [0.1, 0.15) is 28.7 Å². The fourth-order valence-corrected chi connectivity index (χ4v) is 3.00. The van der Waals surface area contributed by atoms with E-state index in [0.29, 0.717) is 11.9 Å². The predicted octanol–water partition coefficient (Wildman–Crippen LogP) is 2.35. The number of nitrogens with zero attached hydrogens (tertiary/aromatic N) is 3. The third-order valence-corrected chi connectivity index (χ3v) is 4.37. The van der Waals surface area contributed by atoms with Crippen molar-refractivity contribution in [2.45, 2.75) is 4.90 Å². The summed E-state index contributed by atoms with van der Waals surface area (Å²) in [6.07, 6.45) is 6.09. The Balaban J connectivity index is 1.86. The first-order valence-corrected chi connectivity index (χ1v) is 7.86. The Morgan fingerprint density at radius 1 is 1.13 bits per heavy atom. The van der Waals surface area contributed by atoms with Crippen LogP contribution in [-0.2, 0) is 10.0 Å². The van der Waals surface area contributed by atoms with E-state index in [2.05, 4.69) is 14.7 Å². The number of hydrogen-bond acceptors (Lipinski definition) is 4. The van der Waals surface area contributed by atoms with Crippen molar-refractivity contribution >= 4 is 15.7 Å². The molecule has 3 rings (SSSR count). The number of hydrogen-bond donors (Lipinski definition) is 1. The molecule has 1 N–H and O–H groups in total. The maximum Gasteiger partial charge on any atom is 0.264 e. The highest BCUT2D eigenvalue weighted by Gasteiger charge is 2.19. The zero-order chi connectivity index (χ0) is 16.4. The standard InChI is InChI=1S/C14H10F2N4O2S/c15-10-1-3-13(12(16)7-10)23(21,22)19-11-2-4-14(18-8-11)20-6-5-17-9-20/h1-9,19H. The van der Waals surface area contributed by atoms with Crippen LogP contribution in [-0.4, -0.2) is 23.0 Å². The first kappa shape index (κ1) is 15.1. The van der Waals surface area contributed by atoms with Crippen molar-refractivity contribution in [3.05, 3.63) is 66.9 Å². The van der Waals surface area contributed by atoms with Gasteiger partial charge in [-0.2, -0.15) is 0 Å². The minimum absolute atomic E-state index is 0.151. The molecule has 9 heteroatoms. The van der Waals surface area contributed by atoms with Crippen molar-refractivity contribution < 1.29 is 17.2 Å². The molecule has 3 aromatic rings. The fraction of sp³-hybridized carbons (Fsp3) is 0. The van der Waals surface area contributed by atoms with E-state index < -0.39 is 26.6 Å². The summed E-state index contributed by atoms with van der Waals surface area (Å²) in [5.74, 6) is -1.48. The molecular formula is C14H10F2N4O2S. The summed E-state index contributed by atoms with van der Waals surface area (Å²) < 4.78 is 54.6. The lowest BCUT2D eigenvalue weighted by Crippen LogP contribution is -2.15. The third kappa shape index (κ3) is 3.19. The van der Waals surface area contributed by atoms with Gasteiger partial charge in [-0.15, -0.1) is 0 Å². The minimum Gasteiger partial charge on any atom is -0.291 e. The van der Waals surface area contributed by atoms with Crippen LogP contribution in [0.25, 0.3) is 5.82 Å². The highest BCUT2D eigenvalue weighted by molar-refractivity contribution is 7.92. The molecule has 2 heterocycles. The monoisotopic (exact) mass is 336 g/mol. The topological polar surface area (TPSA) is 76.9 Å². The fourth-order valence-electron chi connectivity index (χ4n) is 1.90. The third-order valence-electron chi connectivity index (χ3n) is 2.95. The first-order valence-electron chi connectivity index (χ1n) is 6.38. The SMILES string of the molecule is O=S(=O)(Nc1ccc(-n2ccnc2)nc1)c1ccc(F)cc1F. The van der Waals surface area contributed by atoms with Crippen LogP contribution in [0.1, 0.15) is 0 Å². The van der Waals surface area contributed by atoms with Gasteiger partial charge in [0, 0.05) is 18.5 Å². The maximum atomic E-state index is 13.6. The van der Waals surface area contributed by atoms with Crippen molar-refractivity contribution in [2.24, 2.45) is 0 Å². The average Bonchev–Trinajstić information content (AvgIpc) is 3.01. The quantitative estimate of drug-likeness (QED) is 0.793. The van der Waals surface area contributed by atoms with Crippen molar-refractivity contribution in [1.82, 2.24) is 14.5 Å². The van der Waals surface area contributed by atoms with Crippen LogP contribution < -0.4 is 4.72 Å². The van der Waals surface area contributed by atoms with Gasteiger partial charge in [-0.05, 0) is 24.3 Å². The largest absolute Gasteiger partial charge is 0.291 e. The molecule has 0 aliphatic carbocycles. The second-order valence-corrected chi connectivity index (χ2v) is 6.21. The van der Waals surface area contributed by atoms with Gasteiger partial charge in [-0.25, -0.2) is 27.2 Å². The summed E-state index contributed by atoms with van der Waals surface area (Å²) in [6, 6.07) is 5.29. The Morgan fingerprint density at radius 2 is 1.96 bits per heavy atom. The zero-order valence-electron chi connectivity index (χ0n) is 11.5. The number of aromatic nitrogens is 3. The predicted molar refractivity (Wildman–Crippen MR) is 78.5 cm³/mol. The van der Waals surface area contributed by atoms with Crippen molar-refractivity contribution in [3.63, 3.8) is 0 Å². The van der Waals surface area contributed by atoms with Crippen LogP contribution in [0.2, 0.25) is 0 Å². The van der Waals surface area contributed by atoms with Crippen LogP contribution in [0, 0.1) is 11.6 Å². The number of halogens is 2. The molecule has 0 aliphatic rings. The van der Waals surface area contributed by atoms with E-state index in [9.17, 15) is 17.2 Å². The van der Waals surface area contributed by atoms with Gasteiger partial charge in [-0.3, -0.25) is 9.29 Å². The Bertz CT molecular complexity index is 926. The molecule has 0 radical (unpaired) electrons. The molecule has 0 bridgehead atoms. The number of pyridine rings is 1. The minimum atomic E-state index is -4.18. The van der Waals surface area contributed by atoms with Crippen LogP contribution in [0.4, 0.5) is 14.5 Å². The summed E-state index contributed by atoms with van der Waals surface area (Å²) in [7, 11) is -4.18. The van der Waals surface area contributed by atoms with Crippen molar-refractivity contribution in [3.8, 4) is 5.82 Å². The molecule has 0 saturated heterocycles. The summed E-state index contributed by atoms with van der Waals surface area (Å²) >= 11 is 0. The number of sulfonamides is 1. The molecule has 2 aromatic heterocycles. The van der Waals surface area contributed by atoms with Gasteiger partial charge >= 0.3 is 0 Å². The van der Waals surface area contributed by atoms with E-state index in [1.165, 1.54) is 12.3 Å². The molecule has 0 unspecified atom stereocenters. The number of rotatable bonds is 4. The Kier molecular flexibility index (Phi) is 3.78. The van der Waals surface area contributed by atoms with Gasteiger partial charge in [-0.1, -0.05) is 0 Å². The summed E-state index contributed by atoms with van der Waals surface area (Å²) in [6.45, 7) is 0. The molecule has 23 heavy (non-hydrogen) atoms. The maximum absolute atomic E-state index is 13.6. The van der Waals surface area contributed by atoms with Crippen molar-refractivity contribution in [2.75, 3.05) is 4.72 Å². The molecule has 118 valence electrons. The van der Waals surface area contributed by atoms with Gasteiger partial charge in [0.2, 0.25) is 0 Å². The number of nitrogens with one attached hydrogen (secondary N) is 1. The molecule has 0 saturated carbocycles. The molecule has 1 aromatic carbocycles. The van der Waals surface area contributed by atoms with Gasteiger partial charge < -0.3 is 0 Å². The first-order chi connectivity index (χ1) is 11.0. The molecule has 0 atom stereocenters. The second-order valence-electron chi connectivity index (χ2n) is 4.56. The zero-order valence-corrected chi connectivity index (χ0v) is 12.3. The number of anilines is 1. The van der Waals surface area contributed by atoms with Gasteiger partial charge in [0.15, 0.2) is 0 Å². The van der Waals surface area contributed by atoms with E-state index >= 15 is 0 Å². The Morgan fingerprint density at radius 3 is 2.57 bits per heavy atom. The van der Waals surface area contributed by atoms with Gasteiger partial charge in [0.25, 0.3) is 10.0 Å². The van der Waals surface area contributed by atoms with E-state index in [4.69, 9.17) is 0 Å². The lowest BCUT2D eigenvalue weighted by atomic mass is 10.3. The molecule has 0 fully saturated rings. The molecule has 0 spiro atoms. The number of benzene rings is 1. The second kappa shape index (κ2) is 5.76. The summed E-state index contributed by atoms with van der Waals surface area (Å²) in [4.78, 5) is 7.31. The molecular weight excluding hydrogens is 326 g/mol. The Hall–Kier alpha value is -2.81. The van der Waals surface area contributed by atoms with Crippen LogP contribution in [0.3, 0.4) is 0 Å². The lowest BCUT2D eigenvalue weighted by molar-refractivity contribution is 0.551. The molecule has 6 nitrogen and oxygen atoms in total. The van der Waals surface area contributed by atoms with Crippen LogP contribution >= 0.6 is 0 Å². The van der Waals surface area contributed by atoms with E-state index in [0.717, 1.165) is 12.1 Å². The normalized spacial score (nSPS) is 11.4. The Labute approximate surface area is 130 Å². The molecule has 0 aliphatic heterocycles. The summed E-state index contributed by atoms with van der Waals surface area (Å²) in [5.41, 5.74) is 0.151. The smallest absolute Gasteiger partial charge is 0.264 e. The van der Waals surface area contributed by atoms with Gasteiger partial charge in [0.05, 0.1) is 11.9 Å². The lowest BCUT2D eigenvalue weighted by Gasteiger charge is -2.09.